The first kappa shape index (κ1) is 12.2. The number of fused-ring (bicyclic) bond motifs is 2. The molecule has 1 heterocycles. The third kappa shape index (κ3) is 2.21. The normalized spacial score (nSPS) is 13.5. The van der Waals surface area contributed by atoms with Gasteiger partial charge >= 0.3 is 0 Å². The molecule has 0 saturated carbocycles. The Balaban J connectivity index is 2.12. The van der Waals surface area contributed by atoms with Crippen LogP contribution >= 0.6 is 0 Å². The number of anilines is 1. The molecule has 1 aromatic carbocycles. The van der Waals surface area contributed by atoms with E-state index >= 15 is 0 Å². The summed E-state index contributed by atoms with van der Waals surface area (Å²) in [5, 5.41) is 4.17. The topological polar surface area (TPSA) is 42.0 Å². The SMILES string of the molecule is CCCC(=O)Nc1c2c(nc3ccccc13)CCC2. The summed E-state index contributed by atoms with van der Waals surface area (Å²) in [4.78, 5) is 16.6. The largest absolute Gasteiger partial charge is 0.325 e. The molecule has 0 radical (unpaired) electrons. The maximum absolute atomic E-state index is 11.9. The van der Waals surface area contributed by atoms with Gasteiger partial charge in [-0.25, -0.2) is 0 Å². The van der Waals surface area contributed by atoms with Crippen molar-refractivity contribution < 1.29 is 4.79 Å². The lowest BCUT2D eigenvalue weighted by atomic mass is 10.1. The number of nitrogens with zero attached hydrogens (tertiary/aromatic N) is 1. The molecule has 3 rings (SSSR count). The van der Waals surface area contributed by atoms with Gasteiger partial charge in [-0.1, -0.05) is 25.1 Å². The van der Waals surface area contributed by atoms with E-state index in [1.807, 2.05) is 31.2 Å². The molecule has 98 valence electrons. The fourth-order valence-electron chi connectivity index (χ4n) is 2.78. The number of benzene rings is 1. The minimum Gasteiger partial charge on any atom is -0.325 e. The number of rotatable bonds is 3. The van der Waals surface area contributed by atoms with Crippen LogP contribution < -0.4 is 5.32 Å². The number of hydrogen-bond donors (Lipinski definition) is 1. The highest BCUT2D eigenvalue weighted by Gasteiger charge is 2.20. The Bertz CT molecular complexity index is 634. The number of nitrogens with one attached hydrogen (secondary N) is 1. The fraction of sp³-hybridized carbons (Fsp3) is 0.375. The third-order valence-corrected chi connectivity index (χ3v) is 3.66. The van der Waals surface area contributed by atoms with Crippen molar-refractivity contribution in [1.82, 2.24) is 4.98 Å². The first-order valence-corrected chi connectivity index (χ1v) is 7.00. The van der Waals surface area contributed by atoms with Gasteiger partial charge in [-0.15, -0.1) is 0 Å². The molecule has 1 amide bonds. The van der Waals surface area contributed by atoms with Crippen LogP contribution in [0.1, 0.15) is 37.4 Å². The zero-order valence-electron chi connectivity index (χ0n) is 11.2. The van der Waals surface area contributed by atoms with E-state index in [0.717, 1.165) is 48.0 Å². The lowest BCUT2D eigenvalue weighted by Crippen LogP contribution is -2.13. The maximum Gasteiger partial charge on any atom is 0.224 e. The summed E-state index contributed by atoms with van der Waals surface area (Å²) in [7, 11) is 0. The molecule has 1 aromatic heterocycles. The summed E-state index contributed by atoms with van der Waals surface area (Å²) in [6.45, 7) is 2.02. The van der Waals surface area contributed by atoms with Crippen molar-refractivity contribution >= 4 is 22.5 Å². The third-order valence-electron chi connectivity index (χ3n) is 3.66. The molecular formula is C16H18N2O. The van der Waals surface area contributed by atoms with Crippen molar-refractivity contribution in [2.75, 3.05) is 5.32 Å². The highest BCUT2D eigenvalue weighted by atomic mass is 16.1. The monoisotopic (exact) mass is 254 g/mol. The lowest BCUT2D eigenvalue weighted by molar-refractivity contribution is -0.116. The van der Waals surface area contributed by atoms with E-state index in [9.17, 15) is 4.79 Å². The molecule has 3 heteroatoms. The zero-order chi connectivity index (χ0) is 13.2. The summed E-state index contributed by atoms with van der Waals surface area (Å²) < 4.78 is 0. The Hall–Kier alpha value is -1.90. The van der Waals surface area contributed by atoms with Crippen LogP contribution in [0.3, 0.4) is 0 Å². The lowest BCUT2D eigenvalue weighted by Gasteiger charge is -2.13. The Morgan fingerprint density at radius 3 is 3.00 bits per heavy atom. The molecule has 0 bridgehead atoms. The molecule has 0 atom stereocenters. The second-order valence-corrected chi connectivity index (χ2v) is 5.08. The molecule has 0 unspecified atom stereocenters. The van der Waals surface area contributed by atoms with Crippen molar-refractivity contribution in [3.63, 3.8) is 0 Å². The quantitative estimate of drug-likeness (QED) is 0.911. The second-order valence-electron chi connectivity index (χ2n) is 5.08. The number of para-hydroxylation sites is 1. The van der Waals surface area contributed by atoms with Gasteiger partial charge in [0.05, 0.1) is 11.2 Å². The maximum atomic E-state index is 11.9. The van der Waals surface area contributed by atoms with E-state index in [0.29, 0.717) is 6.42 Å². The van der Waals surface area contributed by atoms with Crippen molar-refractivity contribution in [3.05, 3.63) is 35.5 Å². The van der Waals surface area contributed by atoms with Crippen LogP contribution in [0.25, 0.3) is 10.9 Å². The standard InChI is InChI=1S/C16H18N2O/c1-2-6-15(19)18-16-11-7-3-4-9-13(11)17-14-10-5-8-12(14)16/h3-4,7,9H,2,5-6,8,10H2,1H3,(H,17,18,19). The number of carbonyl (C=O) groups is 1. The average molecular weight is 254 g/mol. The zero-order valence-corrected chi connectivity index (χ0v) is 11.2. The highest BCUT2D eigenvalue weighted by Crippen LogP contribution is 2.33. The van der Waals surface area contributed by atoms with Gasteiger partial charge in [-0.05, 0) is 37.3 Å². The van der Waals surface area contributed by atoms with Crippen LogP contribution in [0.4, 0.5) is 5.69 Å². The number of carbonyl (C=O) groups excluding carboxylic acids is 1. The number of amides is 1. The Morgan fingerprint density at radius 1 is 1.32 bits per heavy atom. The molecular weight excluding hydrogens is 236 g/mol. The minimum absolute atomic E-state index is 0.105. The van der Waals surface area contributed by atoms with E-state index in [2.05, 4.69) is 5.32 Å². The summed E-state index contributed by atoms with van der Waals surface area (Å²) in [6, 6.07) is 8.06. The van der Waals surface area contributed by atoms with E-state index in [4.69, 9.17) is 4.98 Å². The molecule has 2 aromatic rings. The van der Waals surface area contributed by atoms with Crippen molar-refractivity contribution in [3.8, 4) is 0 Å². The molecule has 1 N–H and O–H groups in total. The van der Waals surface area contributed by atoms with Crippen LogP contribution in [0.15, 0.2) is 24.3 Å². The van der Waals surface area contributed by atoms with E-state index in [-0.39, 0.29) is 5.91 Å². The van der Waals surface area contributed by atoms with Crippen molar-refractivity contribution in [1.29, 1.82) is 0 Å². The fourth-order valence-corrected chi connectivity index (χ4v) is 2.78. The molecule has 1 aliphatic rings. The molecule has 0 aliphatic heterocycles. The number of aryl methyl sites for hydroxylation is 1. The summed E-state index contributed by atoms with van der Waals surface area (Å²) in [5.41, 5.74) is 4.38. The van der Waals surface area contributed by atoms with Gasteiger partial charge in [0.25, 0.3) is 0 Å². The number of aromatic nitrogens is 1. The van der Waals surface area contributed by atoms with Gasteiger partial charge in [-0.2, -0.15) is 0 Å². The average Bonchev–Trinajstić information content (AvgIpc) is 2.87. The molecule has 0 fully saturated rings. The predicted molar refractivity (Wildman–Crippen MR) is 77.3 cm³/mol. The second kappa shape index (κ2) is 5.00. The van der Waals surface area contributed by atoms with Gasteiger partial charge in [0, 0.05) is 17.5 Å². The molecule has 19 heavy (non-hydrogen) atoms. The van der Waals surface area contributed by atoms with Gasteiger partial charge in [0.2, 0.25) is 5.91 Å². The van der Waals surface area contributed by atoms with Crippen LogP contribution in [0, 0.1) is 0 Å². The molecule has 0 spiro atoms. The van der Waals surface area contributed by atoms with Gasteiger partial charge in [-0.3, -0.25) is 9.78 Å². The molecule has 3 nitrogen and oxygen atoms in total. The van der Waals surface area contributed by atoms with Crippen LogP contribution in [0.5, 0.6) is 0 Å². The highest BCUT2D eigenvalue weighted by molar-refractivity contribution is 6.02. The summed E-state index contributed by atoms with van der Waals surface area (Å²) in [6.07, 6.45) is 4.63. The first-order chi connectivity index (χ1) is 9.29. The Kier molecular flexibility index (Phi) is 3.20. The van der Waals surface area contributed by atoms with Gasteiger partial charge in [0.15, 0.2) is 0 Å². The van der Waals surface area contributed by atoms with Crippen LogP contribution in [0.2, 0.25) is 0 Å². The van der Waals surface area contributed by atoms with E-state index in [1.165, 1.54) is 5.56 Å². The van der Waals surface area contributed by atoms with E-state index < -0.39 is 0 Å². The summed E-state index contributed by atoms with van der Waals surface area (Å²) in [5.74, 6) is 0.105. The summed E-state index contributed by atoms with van der Waals surface area (Å²) >= 11 is 0. The van der Waals surface area contributed by atoms with Crippen LogP contribution in [-0.4, -0.2) is 10.9 Å². The van der Waals surface area contributed by atoms with Crippen molar-refractivity contribution in [2.24, 2.45) is 0 Å². The molecule has 0 saturated heterocycles. The smallest absolute Gasteiger partial charge is 0.224 e. The predicted octanol–water partition coefficient (Wildman–Crippen LogP) is 3.46. The number of pyridine rings is 1. The molecule has 1 aliphatic carbocycles. The number of hydrogen-bond acceptors (Lipinski definition) is 2. The first-order valence-electron chi connectivity index (χ1n) is 7.00. The Labute approximate surface area is 113 Å². The Morgan fingerprint density at radius 2 is 2.16 bits per heavy atom. The van der Waals surface area contributed by atoms with Gasteiger partial charge < -0.3 is 5.32 Å². The van der Waals surface area contributed by atoms with Crippen molar-refractivity contribution in [2.45, 2.75) is 39.0 Å². The van der Waals surface area contributed by atoms with E-state index in [1.54, 1.807) is 0 Å². The van der Waals surface area contributed by atoms with Crippen LogP contribution in [-0.2, 0) is 17.6 Å². The minimum atomic E-state index is 0.105. The van der Waals surface area contributed by atoms with Gasteiger partial charge in [0.1, 0.15) is 0 Å².